The van der Waals surface area contributed by atoms with E-state index in [-0.39, 0.29) is 18.6 Å². The van der Waals surface area contributed by atoms with E-state index in [1.807, 2.05) is 46.8 Å². The molecule has 8 nitrogen and oxygen atoms in total. The predicted molar refractivity (Wildman–Crippen MR) is 135 cm³/mol. The monoisotopic (exact) mass is 488 g/mol. The molecule has 0 aliphatic carbocycles. The maximum atomic E-state index is 12.3. The third-order valence-corrected chi connectivity index (χ3v) is 5.69. The molecule has 3 aromatic rings. The Hall–Kier alpha value is -3.70. The van der Waals surface area contributed by atoms with Gasteiger partial charge in [0, 0.05) is 17.7 Å². The Morgan fingerprint density at radius 1 is 1.17 bits per heavy atom. The van der Waals surface area contributed by atoms with E-state index in [9.17, 15) is 10.1 Å². The van der Waals surface area contributed by atoms with Crippen molar-refractivity contribution in [2.75, 3.05) is 13.1 Å². The van der Waals surface area contributed by atoms with Gasteiger partial charge in [-0.1, -0.05) is 17.3 Å². The third-order valence-electron chi connectivity index (χ3n) is 5.69. The number of esters is 1. The molecule has 0 spiro atoms. The summed E-state index contributed by atoms with van der Waals surface area (Å²) in [6.45, 7) is 11.3. The number of benzene rings is 2. The van der Waals surface area contributed by atoms with Gasteiger partial charge in [-0.25, -0.2) is 0 Å². The van der Waals surface area contributed by atoms with Crippen LogP contribution in [0.5, 0.6) is 5.75 Å². The van der Waals surface area contributed by atoms with Crippen LogP contribution in [-0.4, -0.2) is 45.8 Å². The minimum Gasteiger partial charge on any atom is -0.490 e. The summed E-state index contributed by atoms with van der Waals surface area (Å²) in [5, 5.41) is 13.7. The number of nitrogens with zero attached hydrogens (tertiary/aromatic N) is 4. The average molecular weight is 489 g/mol. The van der Waals surface area contributed by atoms with Crippen molar-refractivity contribution in [1.29, 1.82) is 5.26 Å². The van der Waals surface area contributed by atoms with Crippen molar-refractivity contribution in [2.24, 2.45) is 0 Å². The van der Waals surface area contributed by atoms with Crippen LogP contribution < -0.4 is 4.74 Å². The molecule has 0 radical (unpaired) electrons. The molecular formula is C28H32N4O4. The number of nitriles is 1. The van der Waals surface area contributed by atoms with E-state index in [0.717, 1.165) is 24.9 Å². The molecule has 0 atom stereocenters. The van der Waals surface area contributed by atoms with Crippen LogP contribution in [0, 0.1) is 11.3 Å². The maximum absolute atomic E-state index is 12.3. The van der Waals surface area contributed by atoms with Crippen LogP contribution in [0.4, 0.5) is 0 Å². The zero-order chi connectivity index (χ0) is 25.9. The molecule has 2 aromatic carbocycles. The number of rotatable bonds is 6. The van der Waals surface area contributed by atoms with Gasteiger partial charge < -0.3 is 14.0 Å². The van der Waals surface area contributed by atoms with E-state index >= 15 is 0 Å². The normalized spacial score (nSPS) is 14.1. The first-order valence-electron chi connectivity index (χ1n) is 12.2. The average Bonchev–Trinajstić information content (AvgIpc) is 3.20. The van der Waals surface area contributed by atoms with E-state index < -0.39 is 5.60 Å². The van der Waals surface area contributed by atoms with Crippen LogP contribution in [0.1, 0.15) is 57.7 Å². The molecular weight excluding hydrogens is 456 g/mol. The van der Waals surface area contributed by atoms with Gasteiger partial charge in [-0.2, -0.15) is 10.2 Å². The highest BCUT2D eigenvalue weighted by Gasteiger charge is 2.22. The van der Waals surface area contributed by atoms with E-state index in [2.05, 4.69) is 33.2 Å². The third kappa shape index (κ3) is 6.29. The molecule has 0 saturated heterocycles. The van der Waals surface area contributed by atoms with E-state index in [0.29, 0.717) is 35.1 Å². The lowest BCUT2D eigenvalue weighted by molar-refractivity contribution is -0.156. The Morgan fingerprint density at radius 2 is 1.94 bits per heavy atom. The Kier molecular flexibility index (Phi) is 7.41. The van der Waals surface area contributed by atoms with Crippen molar-refractivity contribution < 1.29 is 18.8 Å². The minimum absolute atomic E-state index is 0.0319. The van der Waals surface area contributed by atoms with E-state index in [4.69, 9.17) is 14.0 Å². The summed E-state index contributed by atoms with van der Waals surface area (Å²) in [6.07, 6.45) is 1.82. The fourth-order valence-electron chi connectivity index (χ4n) is 4.22. The Balaban J connectivity index is 1.50. The fourth-order valence-corrected chi connectivity index (χ4v) is 4.22. The molecule has 0 saturated carbocycles. The summed E-state index contributed by atoms with van der Waals surface area (Å²) in [5.74, 6) is 1.16. The Morgan fingerprint density at radius 3 is 2.67 bits per heavy atom. The van der Waals surface area contributed by atoms with Gasteiger partial charge >= 0.3 is 5.97 Å². The van der Waals surface area contributed by atoms with Gasteiger partial charge in [0.1, 0.15) is 17.4 Å². The van der Waals surface area contributed by atoms with Crippen LogP contribution in [0.2, 0.25) is 0 Å². The summed E-state index contributed by atoms with van der Waals surface area (Å²) >= 11 is 0. The summed E-state index contributed by atoms with van der Waals surface area (Å²) < 4.78 is 16.7. The van der Waals surface area contributed by atoms with Crippen molar-refractivity contribution >= 4 is 5.97 Å². The van der Waals surface area contributed by atoms with Gasteiger partial charge in [0.25, 0.3) is 5.89 Å². The quantitative estimate of drug-likeness (QED) is 0.439. The van der Waals surface area contributed by atoms with Crippen LogP contribution in [0.3, 0.4) is 0 Å². The van der Waals surface area contributed by atoms with Crippen molar-refractivity contribution in [1.82, 2.24) is 15.0 Å². The molecule has 4 rings (SSSR count). The number of fused-ring (bicyclic) bond motifs is 1. The van der Waals surface area contributed by atoms with E-state index in [1.54, 1.807) is 12.1 Å². The standard InChI is InChI=1S/C28H32N4O4/c1-18(2)34-24-11-10-21(14-23(24)15-29)27-30-26(31-36-27)20-8-9-22-16-32(12-6-7-19(22)13-20)17-25(33)35-28(3,4)5/h8-11,13-14,18H,6-7,12,16-17H2,1-5H3. The van der Waals surface area contributed by atoms with Crippen LogP contribution in [0.25, 0.3) is 22.8 Å². The summed E-state index contributed by atoms with van der Waals surface area (Å²) in [4.78, 5) is 19.0. The molecule has 1 aliphatic rings. The maximum Gasteiger partial charge on any atom is 0.320 e. The molecule has 2 heterocycles. The molecule has 188 valence electrons. The molecule has 36 heavy (non-hydrogen) atoms. The Bertz CT molecular complexity index is 1280. The van der Waals surface area contributed by atoms with Gasteiger partial charge in [-0.15, -0.1) is 0 Å². The van der Waals surface area contributed by atoms with Crippen molar-refractivity contribution in [3.05, 3.63) is 53.1 Å². The molecule has 1 aromatic heterocycles. The first-order valence-corrected chi connectivity index (χ1v) is 12.2. The number of ether oxygens (including phenoxy) is 2. The van der Waals surface area contributed by atoms with Crippen molar-refractivity contribution in [3.8, 4) is 34.7 Å². The minimum atomic E-state index is -0.487. The first-order chi connectivity index (χ1) is 17.1. The lowest BCUT2D eigenvalue weighted by Crippen LogP contribution is -2.34. The predicted octanol–water partition coefficient (Wildman–Crippen LogP) is 5.15. The number of aromatic nitrogens is 2. The second-order valence-corrected chi connectivity index (χ2v) is 10.3. The molecule has 0 amide bonds. The zero-order valence-corrected chi connectivity index (χ0v) is 21.5. The molecule has 8 heteroatoms. The van der Waals surface area contributed by atoms with Gasteiger partial charge in [-0.05, 0) is 89.4 Å². The summed E-state index contributed by atoms with van der Waals surface area (Å²) in [6, 6.07) is 13.6. The van der Waals surface area contributed by atoms with Crippen LogP contribution in [-0.2, 0) is 22.5 Å². The molecule has 0 N–H and O–H groups in total. The van der Waals surface area contributed by atoms with Crippen LogP contribution in [0.15, 0.2) is 40.9 Å². The van der Waals surface area contributed by atoms with E-state index in [1.165, 1.54) is 11.1 Å². The largest absolute Gasteiger partial charge is 0.490 e. The van der Waals surface area contributed by atoms with Crippen molar-refractivity contribution in [2.45, 2.75) is 65.7 Å². The highest BCUT2D eigenvalue weighted by Crippen LogP contribution is 2.29. The Labute approximate surface area is 211 Å². The van der Waals surface area contributed by atoms with Gasteiger partial charge in [0.15, 0.2) is 0 Å². The molecule has 0 fully saturated rings. The number of hydrogen-bond donors (Lipinski definition) is 0. The number of carbonyl (C=O) groups excluding carboxylic acids is 1. The lowest BCUT2D eigenvalue weighted by Gasteiger charge is -2.24. The summed E-state index contributed by atoms with van der Waals surface area (Å²) in [5.41, 5.74) is 3.86. The van der Waals surface area contributed by atoms with Gasteiger partial charge in [0.2, 0.25) is 5.82 Å². The number of carbonyl (C=O) groups is 1. The second-order valence-electron chi connectivity index (χ2n) is 10.3. The lowest BCUT2D eigenvalue weighted by atomic mass is 10.0. The number of aryl methyl sites for hydroxylation is 1. The van der Waals surface area contributed by atoms with Crippen molar-refractivity contribution in [3.63, 3.8) is 0 Å². The highest BCUT2D eigenvalue weighted by molar-refractivity contribution is 5.72. The van der Waals surface area contributed by atoms with Gasteiger partial charge in [-0.3, -0.25) is 9.69 Å². The van der Waals surface area contributed by atoms with Crippen LogP contribution >= 0.6 is 0 Å². The fraction of sp³-hybridized carbons (Fsp3) is 0.429. The highest BCUT2D eigenvalue weighted by atomic mass is 16.6. The molecule has 1 aliphatic heterocycles. The topological polar surface area (TPSA) is 101 Å². The smallest absolute Gasteiger partial charge is 0.320 e. The molecule has 0 bridgehead atoms. The second kappa shape index (κ2) is 10.5. The first kappa shape index (κ1) is 25.4. The SMILES string of the molecule is CC(C)Oc1ccc(-c2nc(-c3ccc4c(c3)CCCN(CC(=O)OC(C)(C)C)C4)no2)cc1C#N. The van der Waals surface area contributed by atoms with Gasteiger partial charge in [0.05, 0.1) is 18.2 Å². The number of hydrogen-bond acceptors (Lipinski definition) is 8. The zero-order valence-electron chi connectivity index (χ0n) is 21.5. The molecule has 0 unspecified atom stereocenters. The summed E-state index contributed by atoms with van der Waals surface area (Å²) in [7, 11) is 0.